The van der Waals surface area contributed by atoms with Gasteiger partial charge < -0.3 is 10.5 Å². The topological polar surface area (TPSA) is 35.2 Å². The Labute approximate surface area is 85.1 Å². The van der Waals surface area contributed by atoms with Gasteiger partial charge in [0.15, 0.2) is 0 Å². The zero-order chi connectivity index (χ0) is 9.80. The molecule has 14 heavy (non-hydrogen) atoms. The lowest BCUT2D eigenvalue weighted by molar-refractivity contribution is 0.210. The summed E-state index contributed by atoms with van der Waals surface area (Å²) in [6, 6.07) is 8.09. The van der Waals surface area contributed by atoms with Crippen LogP contribution in [0.3, 0.4) is 0 Å². The molecule has 0 aromatic heterocycles. The average molecular weight is 191 g/mol. The largest absolute Gasteiger partial charge is 0.490 e. The predicted octanol–water partition coefficient (Wildman–Crippen LogP) is 2.47. The molecule has 1 fully saturated rings. The summed E-state index contributed by atoms with van der Waals surface area (Å²) in [5.41, 5.74) is 6.71. The van der Waals surface area contributed by atoms with Crippen LogP contribution in [0.25, 0.3) is 0 Å². The molecule has 2 nitrogen and oxygen atoms in total. The Hall–Kier alpha value is -1.02. The van der Waals surface area contributed by atoms with Gasteiger partial charge in [-0.25, -0.2) is 0 Å². The predicted molar refractivity (Wildman–Crippen MR) is 57.2 cm³/mol. The number of benzene rings is 1. The van der Waals surface area contributed by atoms with Gasteiger partial charge in [0.25, 0.3) is 0 Å². The number of hydrogen-bond acceptors (Lipinski definition) is 2. The summed E-state index contributed by atoms with van der Waals surface area (Å²) in [6.45, 7) is 0.585. The number of ether oxygens (including phenoxy) is 1. The molecule has 1 aromatic carbocycles. The molecule has 1 aliphatic rings. The minimum absolute atomic E-state index is 0.433. The SMILES string of the molecule is NCc1cccc(OC2CCCC2)c1. The first-order valence-electron chi connectivity index (χ1n) is 5.34. The molecule has 0 unspecified atom stereocenters. The smallest absolute Gasteiger partial charge is 0.120 e. The summed E-state index contributed by atoms with van der Waals surface area (Å²) in [5.74, 6) is 0.972. The van der Waals surface area contributed by atoms with Crippen LogP contribution in [-0.2, 0) is 6.54 Å². The van der Waals surface area contributed by atoms with Crippen molar-refractivity contribution in [3.8, 4) is 5.75 Å². The second-order valence-corrected chi connectivity index (χ2v) is 3.88. The van der Waals surface area contributed by atoms with E-state index in [1.54, 1.807) is 0 Å². The summed E-state index contributed by atoms with van der Waals surface area (Å²) in [5, 5.41) is 0. The highest BCUT2D eigenvalue weighted by Crippen LogP contribution is 2.24. The molecule has 76 valence electrons. The van der Waals surface area contributed by atoms with Crippen LogP contribution in [0.5, 0.6) is 5.75 Å². The summed E-state index contributed by atoms with van der Waals surface area (Å²) < 4.78 is 5.86. The van der Waals surface area contributed by atoms with E-state index in [0.717, 1.165) is 11.3 Å². The van der Waals surface area contributed by atoms with E-state index in [-0.39, 0.29) is 0 Å². The molecule has 0 aliphatic heterocycles. The normalized spacial score (nSPS) is 17.2. The lowest BCUT2D eigenvalue weighted by atomic mass is 10.2. The fraction of sp³-hybridized carbons (Fsp3) is 0.500. The van der Waals surface area contributed by atoms with Crippen molar-refractivity contribution in [2.75, 3.05) is 0 Å². The Kier molecular flexibility index (Phi) is 3.04. The first-order valence-corrected chi connectivity index (χ1v) is 5.34. The highest BCUT2D eigenvalue weighted by Gasteiger charge is 2.16. The third-order valence-corrected chi connectivity index (χ3v) is 2.74. The van der Waals surface area contributed by atoms with Crippen molar-refractivity contribution in [3.05, 3.63) is 29.8 Å². The number of hydrogen-bond donors (Lipinski definition) is 1. The monoisotopic (exact) mass is 191 g/mol. The standard InChI is InChI=1S/C12H17NO/c13-9-10-4-3-7-12(8-10)14-11-5-1-2-6-11/h3-4,7-8,11H,1-2,5-6,9,13H2. The van der Waals surface area contributed by atoms with Gasteiger partial charge in [0.05, 0.1) is 6.10 Å². The van der Waals surface area contributed by atoms with Gasteiger partial charge in [0.1, 0.15) is 5.75 Å². The van der Waals surface area contributed by atoms with E-state index >= 15 is 0 Å². The lowest BCUT2D eigenvalue weighted by Gasteiger charge is -2.13. The quantitative estimate of drug-likeness (QED) is 0.796. The van der Waals surface area contributed by atoms with E-state index in [0.29, 0.717) is 12.6 Å². The van der Waals surface area contributed by atoms with Gasteiger partial charge in [-0.15, -0.1) is 0 Å². The molecule has 2 heteroatoms. The van der Waals surface area contributed by atoms with Crippen LogP contribution in [0.15, 0.2) is 24.3 Å². The molecular formula is C12H17NO. The van der Waals surface area contributed by atoms with E-state index in [9.17, 15) is 0 Å². The molecule has 0 spiro atoms. The Morgan fingerprint density at radius 3 is 2.79 bits per heavy atom. The van der Waals surface area contributed by atoms with Crippen molar-refractivity contribution in [2.24, 2.45) is 5.73 Å². The maximum absolute atomic E-state index is 5.86. The molecule has 0 bridgehead atoms. The molecule has 2 rings (SSSR count). The summed E-state index contributed by atoms with van der Waals surface area (Å²) >= 11 is 0. The van der Waals surface area contributed by atoms with E-state index in [1.807, 2.05) is 24.3 Å². The molecule has 0 amide bonds. The van der Waals surface area contributed by atoms with Crippen LogP contribution in [0.1, 0.15) is 31.2 Å². The van der Waals surface area contributed by atoms with E-state index in [4.69, 9.17) is 10.5 Å². The van der Waals surface area contributed by atoms with Crippen molar-refractivity contribution in [1.82, 2.24) is 0 Å². The molecule has 0 atom stereocenters. The Balaban J connectivity index is 2.00. The van der Waals surface area contributed by atoms with Gasteiger partial charge in [-0.05, 0) is 43.4 Å². The molecular weight excluding hydrogens is 174 g/mol. The van der Waals surface area contributed by atoms with Gasteiger partial charge in [0, 0.05) is 6.54 Å². The second kappa shape index (κ2) is 4.47. The first kappa shape index (κ1) is 9.53. The summed E-state index contributed by atoms with van der Waals surface area (Å²) in [6.07, 6.45) is 5.45. The second-order valence-electron chi connectivity index (χ2n) is 3.88. The van der Waals surface area contributed by atoms with Crippen LogP contribution in [0.2, 0.25) is 0 Å². The zero-order valence-corrected chi connectivity index (χ0v) is 8.41. The molecule has 0 radical (unpaired) electrons. The average Bonchev–Trinajstić information content (AvgIpc) is 2.71. The fourth-order valence-electron chi connectivity index (χ4n) is 1.94. The maximum atomic E-state index is 5.86. The van der Waals surface area contributed by atoms with Crippen molar-refractivity contribution >= 4 is 0 Å². The summed E-state index contributed by atoms with van der Waals surface area (Å²) in [4.78, 5) is 0. The Morgan fingerprint density at radius 1 is 1.29 bits per heavy atom. The van der Waals surface area contributed by atoms with Crippen molar-refractivity contribution < 1.29 is 4.74 Å². The first-order chi connectivity index (χ1) is 6.88. The van der Waals surface area contributed by atoms with Crippen LogP contribution in [0, 0.1) is 0 Å². The van der Waals surface area contributed by atoms with Crippen molar-refractivity contribution in [1.29, 1.82) is 0 Å². The van der Waals surface area contributed by atoms with Gasteiger partial charge >= 0.3 is 0 Å². The minimum atomic E-state index is 0.433. The van der Waals surface area contributed by atoms with E-state index < -0.39 is 0 Å². The molecule has 1 aromatic rings. The molecule has 0 heterocycles. The van der Waals surface area contributed by atoms with Crippen LogP contribution in [0.4, 0.5) is 0 Å². The Bertz CT molecular complexity index is 292. The lowest BCUT2D eigenvalue weighted by Crippen LogP contribution is -2.11. The van der Waals surface area contributed by atoms with Crippen molar-refractivity contribution in [2.45, 2.75) is 38.3 Å². The Morgan fingerprint density at radius 2 is 2.07 bits per heavy atom. The van der Waals surface area contributed by atoms with Gasteiger partial charge in [-0.2, -0.15) is 0 Å². The number of nitrogens with two attached hydrogens (primary N) is 1. The third-order valence-electron chi connectivity index (χ3n) is 2.74. The zero-order valence-electron chi connectivity index (χ0n) is 8.41. The summed E-state index contributed by atoms with van der Waals surface area (Å²) in [7, 11) is 0. The third kappa shape index (κ3) is 2.26. The highest BCUT2D eigenvalue weighted by molar-refractivity contribution is 5.28. The molecule has 1 saturated carbocycles. The van der Waals surface area contributed by atoms with Crippen LogP contribution in [-0.4, -0.2) is 6.10 Å². The maximum Gasteiger partial charge on any atom is 0.120 e. The van der Waals surface area contributed by atoms with Crippen molar-refractivity contribution in [3.63, 3.8) is 0 Å². The van der Waals surface area contributed by atoms with Gasteiger partial charge in [0.2, 0.25) is 0 Å². The van der Waals surface area contributed by atoms with E-state index in [2.05, 4.69) is 0 Å². The van der Waals surface area contributed by atoms with Crippen LogP contribution >= 0.6 is 0 Å². The van der Waals surface area contributed by atoms with Crippen LogP contribution < -0.4 is 10.5 Å². The minimum Gasteiger partial charge on any atom is -0.490 e. The molecule has 2 N–H and O–H groups in total. The number of rotatable bonds is 3. The van der Waals surface area contributed by atoms with Gasteiger partial charge in [-0.1, -0.05) is 12.1 Å². The van der Waals surface area contributed by atoms with E-state index in [1.165, 1.54) is 25.7 Å². The molecule has 0 saturated heterocycles. The van der Waals surface area contributed by atoms with Gasteiger partial charge in [-0.3, -0.25) is 0 Å². The fourth-order valence-corrected chi connectivity index (χ4v) is 1.94. The molecule has 1 aliphatic carbocycles. The highest BCUT2D eigenvalue weighted by atomic mass is 16.5.